The highest BCUT2D eigenvalue weighted by Gasteiger charge is 2.23. The summed E-state index contributed by atoms with van der Waals surface area (Å²) in [4.78, 5) is 10.5. The lowest BCUT2D eigenvalue weighted by Gasteiger charge is -2.22. The number of esters is 1. The molecule has 1 radical (unpaired) electrons. The number of carbonyl (C=O) groups excluding carboxylic acids is 1. The maximum absolute atomic E-state index is 10.5. The van der Waals surface area contributed by atoms with Gasteiger partial charge >= 0.3 is 5.97 Å². The molecule has 1 fully saturated rings. The number of hydrogen-bond donors (Lipinski definition) is 1. The van der Waals surface area contributed by atoms with Crippen molar-refractivity contribution in [1.29, 1.82) is 0 Å². The van der Waals surface area contributed by atoms with Crippen LogP contribution in [0.3, 0.4) is 0 Å². The first kappa shape index (κ1) is 6.55. The summed E-state index contributed by atoms with van der Waals surface area (Å²) in [5.74, 6) is -0.353. The molecule has 2 atom stereocenters. The van der Waals surface area contributed by atoms with Gasteiger partial charge in [0.15, 0.2) is 0 Å². The van der Waals surface area contributed by atoms with E-state index in [0.717, 1.165) is 0 Å². The third kappa shape index (κ3) is 1.68. The van der Waals surface area contributed by atoms with Crippen molar-refractivity contribution in [3.63, 3.8) is 0 Å². The van der Waals surface area contributed by atoms with Gasteiger partial charge in [0.05, 0.1) is 12.5 Å². The molecule has 9 heavy (non-hydrogen) atoms. The third-order valence-corrected chi connectivity index (χ3v) is 1.24. The fraction of sp³-hybridized carbons (Fsp3) is 0.667. The smallest absolute Gasteiger partial charge is 0.308 e. The van der Waals surface area contributed by atoms with Gasteiger partial charge in [-0.15, -0.1) is 0 Å². The molecular formula is C6H9O3. The second kappa shape index (κ2) is 2.35. The largest absolute Gasteiger partial charge is 0.462 e. The van der Waals surface area contributed by atoms with Crippen LogP contribution in [-0.2, 0) is 9.53 Å². The lowest BCUT2D eigenvalue weighted by molar-refractivity contribution is -0.156. The summed E-state index contributed by atoms with van der Waals surface area (Å²) in [6, 6.07) is 0. The predicted molar refractivity (Wildman–Crippen MR) is 30.5 cm³/mol. The zero-order valence-electron chi connectivity index (χ0n) is 5.04. The van der Waals surface area contributed by atoms with Crippen LogP contribution in [0.2, 0.25) is 0 Å². The Hall–Kier alpha value is -0.570. The minimum absolute atomic E-state index is 0.117. The van der Waals surface area contributed by atoms with Gasteiger partial charge in [-0.05, 0) is 6.92 Å². The van der Waals surface area contributed by atoms with E-state index < -0.39 is 6.10 Å². The second-order valence-corrected chi connectivity index (χ2v) is 2.21. The Kier molecular flexibility index (Phi) is 1.71. The van der Waals surface area contributed by atoms with Crippen LogP contribution in [0.15, 0.2) is 0 Å². The number of aliphatic hydroxyl groups is 1. The summed E-state index contributed by atoms with van der Waals surface area (Å²) in [6.45, 7) is 3.50. The van der Waals surface area contributed by atoms with Crippen molar-refractivity contribution in [2.75, 3.05) is 0 Å². The summed E-state index contributed by atoms with van der Waals surface area (Å²) in [5, 5.41) is 8.91. The van der Waals surface area contributed by atoms with E-state index in [1.807, 2.05) is 0 Å². The number of ether oxygens (including phenoxy) is 1. The van der Waals surface area contributed by atoms with E-state index in [1.54, 1.807) is 0 Å². The minimum atomic E-state index is -0.547. The SMILES string of the molecule is [CH2][C@H]1C[C@@H](O)CC(=O)O1. The molecule has 1 aliphatic rings. The molecule has 3 nitrogen and oxygen atoms in total. The Balaban J connectivity index is 2.43. The Labute approximate surface area is 53.6 Å². The lowest BCUT2D eigenvalue weighted by Crippen LogP contribution is -2.30. The molecule has 0 aromatic heterocycles. The summed E-state index contributed by atoms with van der Waals surface area (Å²) < 4.78 is 4.65. The van der Waals surface area contributed by atoms with Crippen LogP contribution in [0.4, 0.5) is 0 Å². The Morgan fingerprint density at radius 1 is 1.78 bits per heavy atom. The number of cyclic esters (lactones) is 1. The van der Waals surface area contributed by atoms with Gasteiger partial charge in [-0.25, -0.2) is 0 Å². The molecule has 3 heteroatoms. The quantitative estimate of drug-likeness (QED) is 0.464. The summed E-state index contributed by atoms with van der Waals surface area (Å²) >= 11 is 0. The van der Waals surface area contributed by atoms with Crippen LogP contribution < -0.4 is 0 Å². The molecule has 0 aromatic rings. The zero-order valence-corrected chi connectivity index (χ0v) is 5.04. The highest BCUT2D eigenvalue weighted by molar-refractivity contribution is 5.71. The molecule has 0 amide bonds. The van der Waals surface area contributed by atoms with Gasteiger partial charge in [0.25, 0.3) is 0 Å². The van der Waals surface area contributed by atoms with E-state index in [4.69, 9.17) is 5.11 Å². The number of rotatable bonds is 0. The number of carbonyl (C=O) groups is 1. The first-order valence-corrected chi connectivity index (χ1v) is 2.89. The van der Waals surface area contributed by atoms with Gasteiger partial charge in [0, 0.05) is 6.42 Å². The van der Waals surface area contributed by atoms with Crippen molar-refractivity contribution in [3.05, 3.63) is 6.92 Å². The lowest BCUT2D eigenvalue weighted by atomic mass is 10.1. The van der Waals surface area contributed by atoms with Gasteiger partial charge in [-0.1, -0.05) is 0 Å². The van der Waals surface area contributed by atoms with Crippen molar-refractivity contribution < 1.29 is 14.6 Å². The molecular weight excluding hydrogens is 120 g/mol. The van der Waals surface area contributed by atoms with Crippen molar-refractivity contribution in [3.8, 4) is 0 Å². The van der Waals surface area contributed by atoms with Gasteiger partial charge in [0.1, 0.15) is 6.10 Å². The normalized spacial score (nSPS) is 36.0. The maximum Gasteiger partial charge on any atom is 0.308 e. The standard InChI is InChI=1S/C6H9O3/c1-4-2-5(7)3-6(8)9-4/h4-5,7H,1-3H2/t4-,5+/m0/s1. The van der Waals surface area contributed by atoms with E-state index in [9.17, 15) is 4.79 Å². The van der Waals surface area contributed by atoms with E-state index in [2.05, 4.69) is 11.7 Å². The molecule has 0 aromatic carbocycles. The van der Waals surface area contributed by atoms with E-state index in [-0.39, 0.29) is 18.5 Å². The van der Waals surface area contributed by atoms with E-state index >= 15 is 0 Å². The molecule has 1 N–H and O–H groups in total. The summed E-state index contributed by atoms with van der Waals surface area (Å²) in [6.07, 6.45) is -0.326. The van der Waals surface area contributed by atoms with Crippen LogP contribution in [0, 0.1) is 6.92 Å². The molecule has 0 unspecified atom stereocenters. The molecule has 0 saturated carbocycles. The second-order valence-electron chi connectivity index (χ2n) is 2.21. The van der Waals surface area contributed by atoms with Crippen molar-refractivity contribution >= 4 is 5.97 Å². The van der Waals surface area contributed by atoms with E-state index in [0.29, 0.717) is 6.42 Å². The van der Waals surface area contributed by atoms with Gasteiger partial charge in [-0.3, -0.25) is 4.79 Å². The highest BCUT2D eigenvalue weighted by atomic mass is 16.5. The highest BCUT2D eigenvalue weighted by Crippen LogP contribution is 2.13. The number of hydrogen-bond acceptors (Lipinski definition) is 3. The number of aliphatic hydroxyl groups excluding tert-OH is 1. The first-order chi connectivity index (χ1) is 4.18. The molecule has 1 heterocycles. The fourth-order valence-corrected chi connectivity index (χ4v) is 0.861. The Morgan fingerprint density at radius 2 is 2.44 bits per heavy atom. The average Bonchev–Trinajstić information content (AvgIpc) is 1.59. The Morgan fingerprint density at radius 3 is 2.89 bits per heavy atom. The van der Waals surface area contributed by atoms with Crippen LogP contribution in [0.25, 0.3) is 0 Å². The van der Waals surface area contributed by atoms with Crippen molar-refractivity contribution in [1.82, 2.24) is 0 Å². The van der Waals surface area contributed by atoms with Gasteiger partial charge < -0.3 is 9.84 Å². The fourth-order valence-electron chi connectivity index (χ4n) is 0.861. The monoisotopic (exact) mass is 129 g/mol. The van der Waals surface area contributed by atoms with Crippen LogP contribution in [0.5, 0.6) is 0 Å². The summed E-state index contributed by atoms with van der Waals surface area (Å²) in [5.41, 5.74) is 0. The van der Waals surface area contributed by atoms with Crippen LogP contribution in [0.1, 0.15) is 12.8 Å². The van der Waals surface area contributed by atoms with Gasteiger partial charge in [0.2, 0.25) is 0 Å². The predicted octanol–water partition coefficient (Wildman–Crippen LogP) is -0.113. The molecule has 0 aliphatic carbocycles. The Bertz CT molecular complexity index is 109. The van der Waals surface area contributed by atoms with Crippen molar-refractivity contribution in [2.45, 2.75) is 25.0 Å². The van der Waals surface area contributed by atoms with Crippen LogP contribution in [-0.4, -0.2) is 23.3 Å². The molecule has 1 aliphatic heterocycles. The topological polar surface area (TPSA) is 46.5 Å². The minimum Gasteiger partial charge on any atom is -0.462 e. The van der Waals surface area contributed by atoms with Gasteiger partial charge in [-0.2, -0.15) is 0 Å². The molecule has 0 bridgehead atoms. The maximum atomic E-state index is 10.5. The summed E-state index contributed by atoms with van der Waals surface area (Å²) in [7, 11) is 0. The zero-order chi connectivity index (χ0) is 6.85. The van der Waals surface area contributed by atoms with Crippen molar-refractivity contribution in [2.24, 2.45) is 0 Å². The van der Waals surface area contributed by atoms with E-state index in [1.165, 1.54) is 0 Å². The van der Waals surface area contributed by atoms with Crippen LogP contribution >= 0.6 is 0 Å². The molecule has 0 spiro atoms. The molecule has 1 saturated heterocycles. The first-order valence-electron chi connectivity index (χ1n) is 2.89. The average molecular weight is 129 g/mol. The third-order valence-electron chi connectivity index (χ3n) is 1.24. The molecule has 1 rings (SSSR count). The molecule has 51 valence electrons.